The third-order valence-corrected chi connectivity index (χ3v) is 6.14. The van der Waals surface area contributed by atoms with Crippen LogP contribution in [0.25, 0.3) is 0 Å². The second-order valence-electron chi connectivity index (χ2n) is 7.84. The van der Waals surface area contributed by atoms with Crippen molar-refractivity contribution in [3.8, 4) is 0 Å². The summed E-state index contributed by atoms with van der Waals surface area (Å²) < 4.78 is 0. The van der Waals surface area contributed by atoms with Crippen LogP contribution in [0.5, 0.6) is 0 Å². The molecule has 0 aliphatic carbocycles. The maximum absolute atomic E-state index is 12.4. The molecule has 3 aliphatic rings. The molecule has 8 heteroatoms. The van der Waals surface area contributed by atoms with Crippen LogP contribution < -0.4 is 10.4 Å². The van der Waals surface area contributed by atoms with E-state index in [1.807, 2.05) is 47.5 Å². The minimum absolute atomic E-state index is 0.0358. The van der Waals surface area contributed by atoms with Crippen LogP contribution in [0, 0.1) is 0 Å². The molecule has 2 saturated heterocycles. The van der Waals surface area contributed by atoms with Gasteiger partial charge in [-0.15, -0.1) is 0 Å². The number of nitrogens with zero attached hydrogens (tertiary/aromatic N) is 4. The van der Waals surface area contributed by atoms with Gasteiger partial charge in [-0.2, -0.15) is 10.2 Å². The molecule has 0 spiro atoms. The van der Waals surface area contributed by atoms with E-state index in [4.69, 9.17) is 16.4 Å². The van der Waals surface area contributed by atoms with Gasteiger partial charge in [-0.3, -0.25) is 4.79 Å². The van der Waals surface area contributed by atoms with Crippen LogP contribution in [0.4, 0.5) is 5.69 Å². The Hall–Kier alpha value is -2.48. The molecule has 3 heterocycles. The van der Waals surface area contributed by atoms with Crippen LogP contribution in [0.2, 0.25) is 0 Å². The monoisotopic (exact) mass is 425 g/mol. The minimum atomic E-state index is -0.449. The van der Waals surface area contributed by atoms with Crippen LogP contribution in [0.15, 0.2) is 52.7 Å². The van der Waals surface area contributed by atoms with Crippen molar-refractivity contribution < 1.29 is 9.63 Å². The molecular weight excluding hydrogens is 402 g/mol. The number of alkyl halides is 1. The molecule has 2 aromatic carbocycles. The number of hydrogen-bond donors (Lipinski definition) is 1. The normalized spacial score (nSPS) is 22.8. The molecule has 2 fully saturated rings. The number of azo groups is 1. The van der Waals surface area contributed by atoms with Crippen molar-refractivity contribution in [3.63, 3.8) is 0 Å². The van der Waals surface area contributed by atoms with Gasteiger partial charge in [0.1, 0.15) is 0 Å². The first-order chi connectivity index (χ1) is 14.7. The molecule has 1 amide bonds. The Labute approximate surface area is 180 Å². The molecule has 0 aromatic heterocycles. The van der Waals surface area contributed by atoms with Crippen molar-refractivity contribution in [2.24, 2.45) is 10.2 Å². The van der Waals surface area contributed by atoms with E-state index in [9.17, 15) is 4.79 Å². The van der Waals surface area contributed by atoms with Crippen molar-refractivity contribution >= 4 is 23.2 Å². The average Bonchev–Trinajstić information content (AvgIpc) is 3.41. The Kier molecular flexibility index (Phi) is 5.41. The van der Waals surface area contributed by atoms with Gasteiger partial charge in [-0.05, 0) is 55.8 Å². The van der Waals surface area contributed by atoms with E-state index < -0.39 is 5.50 Å². The van der Waals surface area contributed by atoms with Gasteiger partial charge in [0.25, 0.3) is 5.91 Å². The largest absolute Gasteiger partial charge is 0.351 e. The predicted octanol–water partition coefficient (Wildman–Crippen LogP) is 4.17. The van der Waals surface area contributed by atoms with Gasteiger partial charge >= 0.3 is 0 Å². The van der Waals surface area contributed by atoms with Gasteiger partial charge in [-0.1, -0.05) is 29.8 Å². The van der Waals surface area contributed by atoms with Crippen molar-refractivity contribution in [3.05, 3.63) is 64.7 Å². The quantitative estimate of drug-likeness (QED) is 0.428. The highest BCUT2D eigenvalue weighted by atomic mass is 35.5. The van der Waals surface area contributed by atoms with E-state index in [0.29, 0.717) is 18.7 Å². The summed E-state index contributed by atoms with van der Waals surface area (Å²) in [6.45, 7) is 4.44. The molecule has 0 bridgehead atoms. The fourth-order valence-electron chi connectivity index (χ4n) is 4.04. The SMILES string of the molecule is O=C(NCCN1CCCC1)c1ccc(C2ON2c2ccc3c(c2)C(Cl)N=NC3)cc1. The molecule has 1 N–H and O–H groups in total. The van der Waals surface area contributed by atoms with Crippen LogP contribution in [0.1, 0.15) is 51.6 Å². The topological polar surface area (TPSA) is 72.6 Å². The average molecular weight is 426 g/mol. The lowest BCUT2D eigenvalue weighted by molar-refractivity contribution is 0.0949. The standard InChI is InChI=1S/C22H24ClN5O2/c23-20-19-13-18(8-7-17(19)14-25-26-20)28-22(30-28)16-5-3-15(4-6-16)21(29)24-9-12-27-10-1-2-11-27/h3-8,13,20,22H,1-2,9-12,14H2,(H,24,29). The van der Waals surface area contributed by atoms with Crippen LogP contribution >= 0.6 is 11.6 Å². The summed E-state index contributed by atoms with van der Waals surface area (Å²) in [5.74, 6) is -0.0358. The number of nitrogens with one attached hydrogen (secondary N) is 1. The molecule has 3 aliphatic heterocycles. The predicted molar refractivity (Wildman–Crippen MR) is 114 cm³/mol. The van der Waals surface area contributed by atoms with E-state index in [-0.39, 0.29) is 12.1 Å². The smallest absolute Gasteiger partial charge is 0.251 e. The third kappa shape index (κ3) is 4.05. The maximum Gasteiger partial charge on any atom is 0.251 e. The fraction of sp³-hybridized carbons (Fsp3) is 0.409. The first kappa shape index (κ1) is 19.5. The van der Waals surface area contributed by atoms with Gasteiger partial charge in [0, 0.05) is 29.8 Å². The van der Waals surface area contributed by atoms with Crippen molar-refractivity contribution in [1.29, 1.82) is 0 Å². The zero-order chi connectivity index (χ0) is 20.5. The highest BCUT2D eigenvalue weighted by Gasteiger charge is 2.39. The molecule has 7 nitrogen and oxygen atoms in total. The van der Waals surface area contributed by atoms with Crippen molar-refractivity contribution in [2.75, 3.05) is 31.2 Å². The summed E-state index contributed by atoms with van der Waals surface area (Å²) >= 11 is 6.26. The first-order valence-corrected chi connectivity index (χ1v) is 10.8. The number of carbonyl (C=O) groups excluding carboxylic acids is 1. The lowest BCUT2D eigenvalue weighted by Gasteiger charge is -2.15. The molecule has 30 heavy (non-hydrogen) atoms. The number of carbonyl (C=O) groups is 1. The Morgan fingerprint density at radius 3 is 2.77 bits per heavy atom. The van der Waals surface area contributed by atoms with E-state index in [1.54, 1.807) is 0 Å². The highest BCUT2D eigenvalue weighted by Crippen LogP contribution is 2.43. The molecular formula is C22H24ClN5O2. The lowest BCUT2D eigenvalue weighted by atomic mass is 10.1. The summed E-state index contributed by atoms with van der Waals surface area (Å²) in [6, 6.07) is 13.6. The van der Waals surface area contributed by atoms with Crippen molar-refractivity contribution in [1.82, 2.24) is 10.2 Å². The number of amides is 1. The first-order valence-electron chi connectivity index (χ1n) is 10.4. The molecule has 156 valence electrons. The number of anilines is 1. The summed E-state index contributed by atoms with van der Waals surface area (Å²) in [4.78, 5) is 20.5. The van der Waals surface area contributed by atoms with Gasteiger partial charge in [-0.25, -0.2) is 9.90 Å². The zero-order valence-electron chi connectivity index (χ0n) is 16.6. The third-order valence-electron chi connectivity index (χ3n) is 5.82. The molecule has 0 saturated carbocycles. The number of halogens is 1. The lowest BCUT2D eigenvalue weighted by Crippen LogP contribution is -2.33. The zero-order valence-corrected chi connectivity index (χ0v) is 17.4. The summed E-state index contributed by atoms with van der Waals surface area (Å²) in [5.41, 5.74) is 4.21. The van der Waals surface area contributed by atoms with E-state index >= 15 is 0 Å². The van der Waals surface area contributed by atoms with Gasteiger partial charge in [0.2, 0.25) is 6.23 Å². The Morgan fingerprint density at radius 2 is 1.97 bits per heavy atom. The number of hydrogen-bond acceptors (Lipinski definition) is 6. The second-order valence-corrected chi connectivity index (χ2v) is 8.26. The van der Waals surface area contributed by atoms with Crippen molar-refractivity contribution in [2.45, 2.75) is 31.1 Å². The fourth-order valence-corrected chi connectivity index (χ4v) is 4.31. The van der Waals surface area contributed by atoms with E-state index in [0.717, 1.165) is 42.0 Å². The van der Waals surface area contributed by atoms with Gasteiger partial charge in [0.15, 0.2) is 5.50 Å². The van der Waals surface area contributed by atoms with Crippen LogP contribution in [-0.4, -0.2) is 37.0 Å². The van der Waals surface area contributed by atoms with Gasteiger partial charge < -0.3 is 10.2 Å². The molecule has 2 unspecified atom stereocenters. The molecule has 2 aromatic rings. The second kappa shape index (κ2) is 8.34. The summed E-state index contributed by atoms with van der Waals surface area (Å²) in [6.07, 6.45) is 2.37. The Balaban J connectivity index is 1.18. The maximum atomic E-state index is 12.4. The van der Waals surface area contributed by atoms with E-state index in [2.05, 4.69) is 20.4 Å². The summed E-state index contributed by atoms with van der Waals surface area (Å²) in [7, 11) is 0. The molecule has 5 rings (SSSR count). The van der Waals surface area contributed by atoms with Crippen LogP contribution in [0.3, 0.4) is 0 Å². The minimum Gasteiger partial charge on any atom is -0.351 e. The number of benzene rings is 2. The number of rotatable bonds is 6. The molecule has 2 atom stereocenters. The molecule has 0 radical (unpaired) electrons. The summed E-state index contributed by atoms with van der Waals surface area (Å²) in [5, 5.41) is 12.9. The van der Waals surface area contributed by atoms with Crippen LogP contribution in [-0.2, 0) is 11.4 Å². The number of hydroxylamine groups is 1. The van der Waals surface area contributed by atoms with Gasteiger partial charge in [0.05, 0.1) is 12.2 Å². The number of fused-ring (bicyclic) bond motifs is 1. The Morgan fingerprint density at radius 1 is 1.17 bits per heavy atom. The van der Waals surface area contributed by atoms with E-state index in [1.165, 1.54) is 12.8 Å². The Bertz CT molecular complexity index is 959. The number of likely N-dealkylation sites (tertiary alicyclic amines) is 1. The highest BCUT2D eigenvalue weighted by molar-refractivity contribution is 6.20.